The molecule has 0 bridgehead atoms. The van der Waals surface area contributed by atoms with Crippen molar-refractivity contribution in [3.63, 3.8) is 0 Å². The van der Waals surface area contributed by atoms with Crippen molar-refractivity contribution < 1.29 is 4.79 Å². The highest BCUT2D eigenvalue weighted by molar-refractivity contribution is 14.0. The molecule has 2 rings (SSSR count). The lowest BCUT2D eigenvalue weighted by molar-refractivity contribution is 0.0955. The molecule has 3 N–H and O–H groups in total. The minimum Gasteiger partial charge on any atom is -0.370 e. The van der Waals surface area contributed by atoms with Gasteiger partial charge in [0.2, 0.25) is 0 Å². The highest BCUT2D eigenvalue weighted by atomic mass is 127. The predicted octanol–water partition coefficient (Wildman–Crippen LogP) is 3.39. The van der Waals surface area contributed by atoms with Crippen molar-refractivity contribution in [2.75, 3.05) is 26.2 Å². The zero-order chi connectivity index (χ0) is 16.8. The van der Waals surface area contributed by atoms with Crippen molar-refractivity contribution in [1.29, 1.82) is 0 Å². The molecule has 1 aromatic rings. The first-order valence-electron chi connectivity index (χ1n) is 7.75. The van der Waals surface area contributed by atoms with E-state index in [1.165, 1.54) is 6.42 Å². The third-order valence-electron chi connectivity index (χ3n) is 3.83. The summed E-state index contributed by atoms with van der Waals surface area (Å²) in [7, 11) is 0. The number of hydrogen-bond donors (Lipinski definition) is 2. The van der Waals surface area contributed by atoms with E-state index in [1.54, 1.807) is 18.2 Å². The van der Waals surface area contributed by atoms with Crippen LogP contribution < -0.4 is 11.1 Å². The number of nitrogens with zero attached hydrogens (tertiary/aromatic N) is 2. The Morgan fingerprint density at radius 3 is 2.83 bits per heavy atom. The summed E-state index contributed by atoms with van der Waals surface area (Å²) >= 11 is 11.7. The molecule has 8 heteroatoms. The first-order valence-corrected chi connectivity index (χ1v) is 8.51. The quantitative estimate of drug-likeness (QED) is 0.298. The molecule has 1 heterocycles. The van der Waals surface area contributed by atoms with E-state index in [9.17, 15) is 4.79 Å². The van der Waals surface area contributed by atoms with Gasteiger partial charge in [-0.05, 0) is 37.0 Å². The van der Waals surface area contributed by atoms with Crippen LogP contribution in [0.25, 0.3) is 0 Å². The molecule has 0 aliphatic carbocycles. The zero-order valence-corrected chi connectivity index (χ0v) is 17.4. The maximum Gasteiger partial charge on any atom is 0.251 e. The molecule has 1 atom stereocenters. The fourth-order valence-electron chi connectivity index (χ4n) is 2.58. The standard InChI is InChI=1S/C16H22Cl2N4O.HI/c1-11-3-2-8-22(10-11)16(19)21-7-6-20-15(23)12-4-5-13(17)14(18)9-12;/h4-5,9,11H,2-3,6-8,10H2,1H3,(H2,19,21)(H,20,23);1H. The van der Waals surface area contributed by atoms with Crippen LogP contribution in [0.1, 0.15) is 30.1 Å². The molecule has 1 unspecified atom stereocenters. The van der Waals surface area contributed by atoms with E-state index >= 15 is 0 Å². The van der Waals surface area contributed by atoms with Gasteiger partial charge in [0.1, 0.15) is 0 Å². The molecule has 1 aliphatic heterocycles. The Morgan fingerprint density at radius 1 is 1.42 bits per heavy atom. The van der Waals surface area contributed by atoms with Crippen LogP contribution in [0, 0.1) is 5.92 Å². The van der Waals surface area contributed by atoms with E-state index in [1.807, 2.05) is 0 Å². The van der Waals surface area contributed by atoms with Crippen molar-refractivity contribution >= 4 is 59.0 Å². The Hall–Kier alpha value is -0.730. The minimum absolute atomic E-state index is 0. The number of nitrogens with two attached hydrogens (primary N) is 1. The van der Waals surface area contributed by atoms with E-state index in [0.717, 1.165) is 19.5 Å². The summed E-state index contributed by atoms with van der Waals surface area (Å²) in [6, 6.07) is 4.79. The highest BCUT2D eigenvalue weighted by Crippen LogP contribution is 2.22. The number of halogens is 3. The summed E-state index contributed by atoms with van der Waals surface area (Å²) in [5.41, 5.74) is 6.48. The number of aliphatic imine (C=N–C) groups is 1. The second-order valence-electron chi connectivity index (χ2n) is 5.82. The van der Waals surface area contributed by atoms with Gasteiger partial charge in [-0.15, -0.1) is 24.0 Å². The molecule has 1 saturated heterocycles. The van der Waals surface area contributed by atoms with E-state index in [4.69, 9.17) is 28.9 Å². The van der Waals surface area contributed by atoms with Crippen molar-refractivity contribution in [2.45, 2.75) is 19.8 Å². The van der Waals surface area contributed by atoms with Crippen LogP contribution in [0.4, 0.5) is 0 Å². The molecule has 0 radical (unpaired) electrons. The van der Waals surface area contributed by atoms with Crippen LogP contribution in [-0.4, -0.2) is 42.9 Å². The molecule has 1 aromatic carbocycles. The number of rotatable bonds is 4. The molecular formula is C16H23Cl2IN4O. The number of guanidine groups is 1. The number of nitrogens with one attached hydrogen (secondary N) is 1. The number of amides is 1. The Kier molecular flexibility index (Phi) is 9.15. The van der Waals surface area contributed by atoms with Gasteiger partial charge in [0, 0.05) is 25.2 Å². The van der Waals surface area contributed by atoms with E-state index in [2.05, 4.69) is 22.1 Å². The summed E-state index contributed by atoms with van der Waals surface area (Å²) in [4.78, 5) is 18.4. The molecule has 1 amide bonds. The second-order valence-corrected chi connectivity index (χ2v) is 6.63. The molecule has 1 fully saturated rings. The van der Waals surface area contributed by atoms with Gasteiger partial charge in [-0.3, -0.25) is 9.79 Å². The van der Waals surface area contributed by atoms with Crippen molar-refractivity contribution in [3.8, 4) is 0 Å². The fourth-order valence-corrected chi connectivity index (χ4v) is 2.87. The van der Waals surface area contributed by atoms with Gasteiger partial charge in [0.05, 0.1) is 16.6 Å². The monoisotopic (exact) mass is 484 g/mol. The van der Waals surface area contributed by atoms with Gasteiger partial charge in [0.15, 0.2) is 5.96 Å². The number of benzene rings is 1. The van der Waals surface area contributed by atoms with Crippen LogP contribution in [0.3, 0.4) is 0 Å². The number of carbonyl (C=O) groups is 1. The SMILES string of the molecule is CC1CCCN(C(N)=NCCNC(=O)c2ccc(Cl)c(Cl)c2)C1.I. The van der Waals surface area contributed by atoms with Crippen molar-refractivity contribution in [2.24, 2.45) is 16.6 Å². The lowest BCUT2D eigenvalue weighted by atomic mass is 10.0. The number of hydrogen-bond acceptors (Lipinski definition) is 2. The van der Waals surface area contributed by atoms with Crippen molar-refractivity contribution in [3.05, 3.63) is 33.8 Å². The topological polar surface area (TPSA) is 70.7 Å². The molecular weight excluding hydrogens is 462 g/mol. The molecule has 0 spiro atoms. The number of carbonyl (C=O) groups excluding carboxylic acids is 1. The Morgan fingerprint density at radius 2 is 2.17 bits per heavy atom. The smallest absolute Gasteiger partial charge is 0.251 e. The van der Waals surface area contributed by atoms with Gasteiger partial charge in [-0.25, -0.2) is 0 Å². The lowest BCUT2D eigenvalue weighted by Gasteiger charge is -2.31. The van der Waals surface area contributed by atoms with Gasteiger partial charge in [-0.2, -0.15) is 0 Å². The van der Waals surface area contributed by atoms with E-state index in [-0.39, 0.29) is 29.9 Å². The summed E-state index contributed by atoms with van der Waals surface area (Å²) in [6.45, 7) is 4.99. The third-order valence-corrected chi connectivity index (χ3v) is 4.57. The normalized spacial score (nSPS) is 18.0. The third kappa shape index (κ3) is 6.29. The summed E-state index contributed by atoms with van der Waals surface area (Å²) in [6.07, 6.45) is 2.38. The van der Waals surface area contributed by atoms with Gasteiger partial charge >= 0.3 is 0 Å². The number of likely N-dealkylation sites (tertiary alicyclic amines) is 1. The maximum absolute atomic E-state index is 12.0. The van der Waals surface area contributed by atoms with Gasteiger partial charge in [-0.1, -0.05) is 30.1 Å². The first-order chi connectivity index (χ1) is 11.0. The fraction of sp³-hybridized carbons (Fsp3) is 0.500. The summed E-state index contributed by atoms with van der Waals surface area (Å²) in [5.74, 6) is 0.996. The Labute approximate surface area is 170 Å². The average Bonchev–Trinajstić information content (AvgIpc) is 2.53. The van der Waals surface area contributed by atoms with Crippen LogP contribution in [0.15, 0.2) is 23.2 Å². The molecule has 24 heavy (non-hydrogen) atoms. The number of piperidine rings is 1. The van der Waals surface area contributed by atoms with E-state index in [0.29, 0.717) is 40.6 Å². The zero-order valence-electron chi connectivity index (χ0n) is 13.6. The molecule has 5 nitrogen and oxygen atoms in total. The van der Waals surface area contributed by atoms with Gasteiger partial charge < -0.3 is 16.0 Å². The van der Waals surface area contributed by atoms with Crippen LogP contribution >= 0.6 is 47.2 Å². The summed E-state index contributed by atoms with van der Waals surface area (Å²) < 4.78 is 0. The first kappa shape index (κ1) is 21.3. The summed E-state index contributed by atoms with van der Waals surface area (Å²) in [5, 5.41) is 3.58. The largest absolute Gasteiger partial charge is 0.370 e. The molecule has 0 saturated carbocycles. The molecule has 1 aliphatic rings. The van der Waals surface area contributed by atoms with Crippen LogP contribution in [0.2, 0.25) is 10.0 Å². The second kappa shape index (κ2) is 10.3. The van der Waals surface area contributed by atoms with Gasteiger partial charge in [0.25, 0.3) is 5.91 Å². The maximum atomic E-state index is 12.0. The lowest BCUT2D eigenvalue weighted by Crippen LogP contribution is -2.43. The molecule has 0 aromatic heterocycles. The predicted molar refractivity (Wildman–Crippen MR) is 111 cm³/mol. The Balaban J connectivity index is 0.00000288. The minimum atomic E-state index is -0.205. The highest BCUT2D eigenvalue weighted by Gasteiger charge is 2.17. The Bertz CT molecular complexity index is 597. The van der Waals surface area contributed by atoms with Crippen LogP contribution in [-0.2, 0) is 0 Å². The van der Waals surface area contributed by atoms with Crippen molar-refractivity contribution in [1.82, 2.24) is 10.2 Å². The average molecular weight is 485 g/mol. The van der Waals surface area contributed by atoms with Crippen LogP contribution in [0.5, 0.6) is 0 Å². The van der Waals surface area contributed by atoms with E-state index < -0.39 is 0 Å². The molecule has 134 valence electrons.